The Hall–Kier alpha value is -2.46. The molecule has 34 heavy (non-hydrogen) atoms. The van der Waals surface area contributed by atoms with Gasteiger partial charge < -0.3 is 14.8 Å². The maximum atomic E-state index is 13.1. The normalized spacial score (nSPS) is 20.1. The van der Waals surface area contributed by atoms with Gasteiger partial charge in [-0.2, -0.15) is 4.31 Å². The van der Waals surface area contributed by atoms with Gasteiger partial charge in [0.05, 0.1) is 31.1 Å². The van der Waals surface area contributed by atoms with E-state index >= 15 is 0 Å². The molecule has 0 aromatic heterocycles. The first-order valence-electron chi connectivity index (χ1n) is 11.8. The molecule has 1 N–H and O–H groups in total. The lowest BCUT2D eigenvalue weighted by atomic mass is 9.98. The molecule has 4 rings (SSSR count). The van der Waals surface area contributed by atoms with Gasteiger partial charge in [-0.15, -0.1) is 0 Å². The molecule has 184 valence electrons. The molecule has 2 heterocycles. The van der Waals surface area contributed by atoms with Gasteiger partial charge in [0.2, 0.25) is 15.9 Å². The molecule has 0 spiro atoms. The smallest absolute Gasteiger partial charge is 0.243 e. The van der Waals surface area contributed by atoms with Crippen LogP contribution in [0.5, 0.6) is 5.75 Å². The number of carbonyl (C=O) groups excluding carboxylic acids is 1. The van der Waals surface area contributed by atoms with Crippen molar-refractivity contribution in [2.45, 2.75) is 30.8 Å². The van der Waals surface area contributed by atoms with Crippen molar-refractivity contribution < 1.29 is 22.7 Å². The zero-order valence-electron chi connectivity index (χ0n) is 19.6. The summed E-state index contributed by atoms with van der Waals surface area (Å²) in [5, 5.41) is 2.99. The monoisotopic (exact) mass is 487 g/mol. The minimum absolute atomic E-state index is 0.105. The molecule has 2 aliphatic rings. The van der Waals surface area contributed by atoms with E-state index in [1.54, 1.807) is 24.3 Å². The Labute approximate surface area is 201 Å². The van der Waals surface area contributed by atoms with E-state index in [-0.39, 0.29) is 23.3 Å². The van der Waals surface area contributed by atoms with Gasteiger partial charge in [-0.05, 0) is 48.2 Å². The van der Waals surface area contributed by atoms with Gasteiger partial charge in [0.1, 0.15) is 5.75 Å². The van der Waals surface area contributed by atoms with E-state index < -0.39 is 10.0 Å². The molecule has 0 bridgehead atoms. The van der Waals surface area contributed by atoms with E-state index in [1.165, 1.54) is 17.0 Å². The van der Waals surface area contributed by atoms with Crippen molar-refractivity contribution in [2.24, 2.45) is 5.92 Å². The third-order valence-corrected chi connectivity index (χ3v) is 8.33. The highest BCUT2D eigenvalue weighted by Crippen LogP contribution is 2.25. The Balaban J connectivity index is 1.29. The van der Waals surface area contributed by atoms with Crippen LogP contribution in [0.25, 0.3) is 0 Å². The lowest BCUT2D eigenvalue weighted by Crippen LogP contribution is -2.45. The van der Waals surface area contributed by atoms with E-state index in [2.05, 4.69) is 22.3 Å². The van der Waals surface area contributed by atoms with Gasteiger partial charge in [-0.25, -0.2) is 8.42 Å². The second-order valence-electron chi connectivity index (χ2n) is 8.80. The molecular formula is C25H33N3O5S. The third kappa shape index (κ3) is 6.15. The van der Waals surface area contributed by atoms with Crippen molar-refractivity contribution in [3.05, 3.63) is 59.7 Å². The molecule has 0 radical (unpaired) electrons. The molecular weight excluding hydrogens is 454 g/mol. The molecule has 2 aromatic carbocycles. The maximum Gasteiger partial charge on any atom is 0.243 e. The van der Waals surface area contributed by atoms with Crippen LogP contribution in [-0.2, 0) is 32.6 Å². The number of methoxy groups -OCH3 is 1. The third-order valence-electron chi connectivity index (χ3n) is 6.45. The molecule has 2 aliphatic heterocycles. The Morgan fingerprint density at radius 2 is 1.71 bits per heavy atom. The fraction of sp³-hybridized carbons (Fsp3) is 0.480. The fourth-order valence-corrected chi connectivity index (χ4v) is 5.91. The van der Waals surface area contributed by atoms with Crippen molar-refractivity contribution >= 4 is 15.9 Å². The van der Waals surface area contributed by atoms with Crippen LogP contribution in [0.4, 0.5) is 0 Å². The van der Waals surface area contributed by atoms with Crippen LogP contribution in [0.2, 0.25) is 0 Å². The highest BCUT2D eigenvalue weighted by Gasteiger charge is 2.33. The number of amides is 1. The molecule has 9 heteroatoms. The summed E-state index contributed by atoms with van der Waals surface area (Å²) >= 11 is 0. The highest BCUT2D eigenvalue weighted by molar-refractivity contribution is 7.89. The molecule has 0 saturated carbocycles. The van der Waals surface area contributed by atoms with Crippen molar-refractivity contribution in [3.63, 3.8) is 0 Å². The van der Waals surface area contributed by atoms with Crippen LogP contribution in [0.1, 0.15) is 24.0 Å². The summed E-state index contributed by atoms with van der Waals surface area (Å²) in [6.45, 7) is 5.40. The van der Waals surface area contributed by atoms with Gasteiger partial charge >= 0.3 is 0 Å². The topological polar surface area (TPSA) is 88.2 Å². The van der Waals surface area contributed by atoms with Gasteiger partial charge in [-0.1, -0.05) is 24.3 Å². The zero-order chi connectivity index (χ0) is 24.0. The minimum Gasteiger partial charge on any atom is -0.497 e. The van der Waals surface area contributed by atoms with Crippen molar-refractivity contribution in [2.75, 3.05) is 46.5 Å². The number of nitrogens with one attached hydrogen (secondary N) is 1. The van der Waals surface area contributed by atoms with Gasteiger partial charge in [0.25, 0.3) is 0 Å². The predicted octanol–water partition coefficient (Wildman–Crippen LogP) is 2.24. The number of hydrogen-bond donors (Lipinski definition) is 1. The summed E-state index contributed by atoms with van der Waals surface area (Å²) in [6.07, 6.45) is 1.34. The second kappa shape index (κ2) is 11.3. The Morgan fingerprint density at radius 3 is 2.38 bits per heavy atom. The summed E-state index contributed by atoms with van der Waals surface area (Å²) in [5.74, 6) is 0.137. The van der Waals surface area contributed by atoms with Crippen LogP contribution in [0, 0.1) is 5.92 Å². The van der Waals surface area contributed by atoms with E-state index in [0.717, 1.165) is 38.4 Å². The van der Waals surface area contributed by atoms with Crippen molar-refractivity contribution in [1.82, 2.24) is 14.5 Å². The highest BCUT2D eigenvalue weighted by atomic mass is 32.2. The largest absolute Gasteiger partial charge is 0.497 e. The second-order valence-corrected chi connectivity index (χ2v) is 10.7. The SMILES string of the molecule is COc1ccc(S(=O)(=O)N2CCC[C@H](C(=O)NCc3ccc(CN4CCOCC4)cc3)C2)cc1. The number of rotatable bonds is 8. The average Bonchev–Trinajstić information content (AvgIpc) is 2.89. The Kier molecular flexibility index (Phi) is 8.20. The number of benzene rings is 2. The summed E-state index contributed by atoms with van der Waals surface area (Å²) in [5.41, 5.74) is 2.27. The number of hydrogen-bond acceptors (Lipinski definition) is 6. The summed E-state index contributed by atoms with van der Waals surface area (Å²) in [7, 11) is -2.11. The molecule has 0 unspecified atom stereocenters. The minimum atomic E-state index is -3.65. The average molecular weight is 488 g/mol. The molecule has 1 amide bonds. The van der Waals surface area contributed by atoms with Gasteiger partial charge in [0, 0.05) is 39.3 Å². The van der Waals surface area contributed by atoms with Crippen LogP contribution in [0.3, 0.4) is 0 Å². The van der Waals surface area contributed by atoms with E-state index in [4.69, 9.17) is 9.47 Å². The number of carbonyl (C=O) groups is 1. The van der Waals surface area contributed by atoms with E-state index in [1.807, 2.05) is 12.1 Å². The molecule has 2 saturated heterocycles. The van der Waals surface area contributed by atoms with Crippen molar-refractivity contribution in [3.8, 4) is 5.75 Å². The number of piperidine rings is 1. The molecule has 2 aromatic rings. The summed E-state index contributed by atoms with van der Waals surface area (Å²) in [4.78, 5) is 15.4. The van der Waals surface area contributed by atoms with E-state index in [0.29, 0.717) is 31.7 Å². The van der Waals surface area contributed by atoms with Crippen LogP contribution < -0.4 is 10.1 Å². The molecule has 1 atom stereocenters. The number of ether oxygens (including phenoxy) is 2. The quantitative estimate of drug-likeness (QED) is 0.615. The Bertz CT molecular complexity index is 1050. The van der Waals surface area contributed by atoms with Crippen LogP contribution in [-0.4, -0.2) is 70.0 Å². The van der Waals surface area contributed by atoms with E-state index in [9.17, 15) is 13.2 Å². The first-order chi connectivity index (χ1) is 16.5. The zero-order valence-corrected chi connectivity index (χ0v) is 20.4. The molecule has 8 nitrogen and oxygen atoms in total. The fourth-order valence-electron chi connectivity index (χ4n) is 4.39. The lowest BCUT2D eigenvalue weighted by molar-refractivity contribution is -0.126. The maximum absolute atomic E-state index is 13.1. The number of morpholine rings is 1. The standard InChI is InChI=1S/C25H33N3O5S/c1-32-23-8-10-24(11-9-23)34(30,31)28-12-2-3-22(19-28)25(29)26-17-20-4-6-21(7-5-20)18-27-13-15-33-16-14-27/h4-11,22H,2-3,12-19H2,1H3,(H,26,29)/t22-/m0/s1. The Morgan fingerprint density at radius 1 is 1.03 bits per heavy atom. The first kappa shape index (κ1) is 24.7. The molecule has 2 fully saturated rings. The lowest BCUT2D eigenvalue weighted by Gasteiger charge is -2.31. The molecule has 0 aliphatic carbocycles. The van der Waals surface area contributed by atoms with Gasteiger partial charge in [0.15, 0.2) is 0 Å². The van der Waals surface area contributed by atoms with Crippen LogP contribution in [0.15, 0.2) is 53.4 Å². The van der Waals surface area contributed by atoms with Crippen molar-refractivity contribution in [1.29, 1.82) is 0 Å². The summed E-state index contributed by atoms with van der Waals surface area (Å²) in [6, 6.07) is 14.6. The predicted molar refractivity (Wildman–Crippen MR) is 129 cm³/mol. The summed E-state index contributed by atoms with van der Waals surface area (Å²) < 4.78 is 38.0. The van der Waals surface area contributed by atoms with Crippen LogP contribution >= 0.6 is 0 Å². The number of nitrogens with zero attached hydrogens (tertiary/aromatic N) is 2. The van der Waals surface area contributed by atoms with Gasteiger partial charge in [-0.3, -0.25) is 9.69 Å². The number of sulfonamides is 1. The first-order valence-corrected chi connectivity index (χ1v) is 13.2.